The molecule has 0 aromatic heterocycles. The van der Waals surface area contributed by atoms with Crippen molar-refractivity contribution in [2.24, 2.45) is 5.41 Å². The van der Waals surface area contributed by atoms with Crippen LogP contribution in [0.15, 0.2) is 0 Å². The molecule has 1 fully saturated rings. The average Bonchev–Trinajstić information content (AvgIpc) is 2.28. The van der Waals surface area contributed by atoms with E-state index in [0.29, 0.717) is 0 Å². The van der Waals surface area contributed by atoms with Crippen molar-refractivity contribution in [2.75, 3.05) is 26.2 Å². The summed E-state index contributed by atoms with van der Waals surface area (Å²) in [5.41, 5.74) is -0.257. The Hall–Kier alpha value is -0.570. The van der Waals surface area contributed by atoms with Crippen LogP contribution in [0.4, 0.5) is 0 Å². The van der Waals surface area contributed by atoms with Crippen LogP contribution in [-0.4, -0.2) is 37.0 Å². The number of likely N-dealkylation sites (tertiary alicyclic amines) is 1. The van der Waals surface area contributed by atoms with E-state index in [1.54, 1.807) is 0 Å². The van der Waals surface area contributed by atoms with Gasteiger partial charge in [-0.3, -0.25) is 4.79 Å². The van der Waals surface area contributed by atoms with E-state index in [1.807, 2.05) is 20.8 Å². The van der Waals surface area contributed by atoms with Crippen molar-refractivity contribution in [1.82, 2.24) is 10.2 Å². The Morgan fingerprint density at radius 3 is 2.35 bits per heavy atom. The predicted molar refractivity (Wildman–Crippen MR) is 72.0 cm³/mol. The van der Waals surface area contributed by atoms with Crippen LogP contribution in [-0.2, 0) is 4.79 Å². The maximum atomic E-state index is 11.6. The molecule has 0 aliphatic carbocycles. The number of nitrogens with one attached hydrogen (secondary N) is 1. The lowest BCUT2D eigenvalue weighted by molar-refractivity contribution is -0.128. The van der Waals surface area contributed by atoms with Crippen molar-refractivity contribution in [3.63, 3.8) is 0 Å². The van der Waals surface area contributed by atoms with Crippen LogP contribution in [0.5, 0.6) is 0 Å². The minimum absolute atomic E-state index is 0.162. The van der Waals surface area contributed by atoms with Crippen LogP contribution in [0.25, 0.3) is 0 Å². The molecule has 0 unspecified atom stereocenters. The minimum atomic E-state index is -0.257. The van der Waals surface area contributed by atoms with Gasteiger partial charge in [-0.25, -0.2) is 0 Å². The highest BCUT2D eigenvalue weighted by atomic mass is 16.2. The monoisotopic (exact) mass is 240 g/mol. The van der Waals surface area contributed by atoms with Gasteiger partial charge in [0.25, 0.3) is 0 Å². The summed E-state index contributed by atoms with van der Waals surface area (Å²) in [5.74, 6) is 0.162. The molecule has 1 heterocycles. The highest BCUT2D eigenvalue weighted by molar-refractivity contribution is 5.81. The molecule has 0 aromatic rings. The zero-order chi connectivity index (χ0) is 12.7. The Labute approximate surface area is 106 Å². The van der Waals surface area contributed by atoms with Gasteiger partial charge in [-0.1, -0.05) is 27.2 Å². The molecular weight excluding hydrogens is 212 g/mol. The number of hydrogen-bond donors (Lipinski definition) is 1. The fourth-order valence-electron chi connectivity index (χ4n) is 2.11. The number of carbonyl (C=O) groups is 1. The van der Waals surface area contributed by atoms with Crippen molar-refractivity contribution >= 4 is 5.91 Å². The predicted octanol–water partition coefficient (Wildman–Crippen LogP) is 2.41. The van der Waals surface area contributed by atoms with Crippen LogP contribution in [0.3, 0.4) is 0 Å². The van der Waals surface area contributed by atoms with Gasteiger partial charge in [0.15, 0.2) is 0 Å². The standard InChI is InChI=1S/C14H28N2O/c1-14(2,3)13(17)15-9-5-8-12-16-10-6-4-7-11-16/h4-12H2,1-3H3,(H,15,17). The summed E-state index contributed by atoms with van der Waals surface area (Å²) < 4.78 is 0. The average molecular weight is 240 g/mol. The SMILES string of the molecule is CC(C)(C)C(=O)NCCCCN1CCCCC1. The first-order valence-corrected chi connectivity index (χ1v) is 7.01. The van der Waals surface area contributed by atoms with Gasteiger partial charge in [-0.05, 0) is 45.3 Å². The fraction of sp³-hybridized carbons (Fsp3) is 0.929. The molecule has 3 nitrogen and oxygen atoms in total. The minimum Gasteiger partial charge on any atom is -0.356 e. The van der Waals surface area contributed by atoms with Gasteiger partial charge in [-0.15, -0.1) is 0 Å². The van der Waals surface area contributed by atoms with E-state index < -0.39 is 0 Å². The Bertz CT molecular complexity index is 227. The summed E-state index contributed by atoms with van der Waals surface area (Å²) in [6.07, 6.45) is 6.42. The second kappa shape index (κ2) is 7.00. The first-order chi connectivity index (χ1) is 8.00. The first kappa shape index (κ1) is 14.5. The number of rotatable bonds is 5. The number of unbranched alkanes of at least 4 members (excludes halogenated alkanes) is 1. The first-order valence-electron chi connectivity index (χ1n) is 7.01. The van der Waals surface area contributed by atoms with Crippen LogP contribution in [0.2, 0.25) is 0 Å². The maximum Gasteiger partial charge on any atom is 0.225 e. The number of nitrogens with zero attached hydrogens (tertiary/aromatic N) is 1. The van der Waals surface area contributed by atoms with E-state index in [4.69, 9.17) is 0 Å². The second-order valence-electron chi connectivity index (χ2n) is 6.12. The molecule has 0 bridgehead atoms. The fourth-order valence-corrected chi connectivity index (χ4v) is 2.11. The van der Waals surface area contributed by atoms with Gasteiger partial charge >= 0.3 is 0 Å². The number of amides is 1. The third-order valence-corrected chi connectivity index (χ3v) is 3.32. The van der Waals surface area contributed by atoms with E-state index in [9.17, 15) is 4.79 Å². The Balaban J connectivity index is 1.99. The van der Waals surface area contributed by atoms with Crippen LogP contribution in [0.1, 0.15) is 52.9 Å². The number of hydrogen-bond acceptors (Lipinski definition) is 2. The summed E-state index contributed by atoms with van der Waals surface area (Å²) in [7, 11) is 0. The van der Waals surface area contributed by atoms with E-state index >= 15 is 0 Å². The zero-order valence-corrected chi connectivity index (χ0v) is 11.7. The molecule has 0 spiro atoms. The third-order valence-electron chi connectivity index (χ3n) is 3.32. The summed E-state index contributed by atoms with van der Waals surface area (Å²) in [4.78, 5) is 14.2. The van der Waals surface area contributed by atoms with Crippen molar-refractivity contribution in [1.29, 1.82) is 0 Å². The lowest BCUT2D eigenvalue weighted by Gasteiger charge is -2.26. The summed E-state index contributed by atoms with van der Waals surface area (Å²) in [6.45, 7) is 10.4. The van der Waals surface area contributed by atoms with Crippen molar-refractivity contribution in [3.05, 3.63) is 0 Å². The molecule has 0 atom stereocenters. The highest BCUT2D eigenvalue weighted by Gasteiger charge is 2.20. The highest BCUT2D eigenvalue weighted by Crippen LogP contribution is 2.12. The molecule has 0 radical (unpaired) electrons. The molecule has 1 aliphatic rings. The summed E-state index contributed by atoms with van der Waals surface area (Å²) in [5, 5.41) is 3.00. The van der Waals surface area contributed by atoms with Crippen LogP contribution >= 0.6 is 0 Å². The smallest absolute Gasteiger partial charge is 0.225 e. The maximum absolute atomic E-state index is 11.6. The second-order valence-corrected chi connectivity index (χ2v) is 6.12. The van der Waals surface area contributed by atoms with E-state index in [-0.39, 0.29) is 11.3 Å². The Morgan fingerprint density at radius 2 is 1.76 bits per heavy atom. The molecule has 1 rings (SSSR count). The van der Waals surface area contributed by atoms with Gasteiger partial charge in [0.2, 0.25) is 5.91 Å². The molecule has 1 aliphatic heterocycles. The van der Waals surface area contributed by atoms with E-state index in [2.05, 4.69) is 10.2 Å². The van der Waals surface area contributed by atoms with Crippen molar-refractivity contribution in [2.45, 2.75) is 52.9 Å². The van der Waals surface area contributed by atoms with Gasteiger partial charge in [0.1, 0.15) is 0 Å². The van der Waals surface area contributed by atoms with Crippen LogP contribution < -0.4 is 5.32 Å². The normalized spacial score (nSPS) is 18.1. The largest absolute Gasteiger partial charge is 0.356 e. The number of carbonyl (C=O) groups excluding carboxylic acids is 1. The Kier molecular flexibility index (Phi) is 5.96. The molecule has 1 saturated heterocycles. The lowest BCUT2D eigenvalue weighted by atomic mass is 9.96. The van der Waals surface area contributed by atoms with Crippen LogP contribution in [0, 0.1) is 5.41 Å². The van der Waals surface area contributed by atoms with E-state index in [1.165, 1.54) is 45.3 Å². The van der Waals surface area contributed by atoms with Crippen molar-refractivity contribution in [3.8, 4) is 0 Å². The molecule has 1 amide bonds. The number of piperidine rings is 1. The van der Waals surface area contributed by atoms with Gasteiger partial charge in [0, 0.05) is 12.0 Å². The molecule has 1 N–H and O–H groups in total. The molecule has 17 heavy (non-hydrogen) atoms. The zero-order valence-electron chi connectivity index (χ0n) is 11.7. The van der Waals surface area contributed by atoms with Gasteiger partial charge in [0.05, 0.1) is 0 Å². The summed E-state index contributed by atoms with van der Waals surface area (Å²) >= 11 is 0. The van der Waals surface area contributed by atoms with Crippen molar-refractivity contribution < 1.29 is 4.79 Å². The Morgan fingerprint density at radius 1 is 1.12 bits per heavy atom. The topological polar surface area (TPSA) is 32.3 Å². The molecule has 3 heteroatoms. The molecule has 0 saturated carbocycles. The van der Waals surface area contributed by atoms with E-state index in [0.717, 1.165) is 13.0 Å². The lowest BCUT2D eigenvalue weighted by Crippen LogP contribution is -2.36. The molecular formula is C14H28N2O. The summed E-state index contributed by atoms with van der Waals surface area (Å²) in [6, 6.07) is 0. The molecule has 0 aromatic carbocycles. The van der Waals surface area contributed by atoms with Gasteiger partial charge < -0.3 is 10.2 Å². The quantitative estimate of drug-likeness (QED) is 0.749. The molecule has 100 valence electrons. The van der Waals surface area contributed by atoms with Gasteiger partial charge in [-0.2, -0.15) is 0 Å². The third kappa shape index (κ3) is 6.06.